The monoisotopic (exact) mass is 255 g/mol. The third kappa shape index (κ3) is 2.69. The van der Waals surface area contributed by atoms with E-state index in [1.165, 1.54) is 0 Å². The van der Waals surface area contributed by atoms with Gasteiger partial charge >= 0.3 is 5.97 Å². The van der Waals surface area contributed by atoms with E-state index >= 15 is 0 Å². The van der Waals surface area contributed by atoms with Crippen molar-refractivity contribution in [2.45, 2.75) is 33.6 Å². The molecule has 0 radical (unpaired) electrons. The van der Waals surface area contributed by atoms with Crippen molar-refractivity contribution < 1.29 is 14.6 Å². The van der Waals surface area contributed by atoms with Gasteiger partial charge in [0.25, 0.3) is 0 Å². The van der Waals surface area contributed by atoms with Crippen molar-refractivity contribution in [3.05, 3.63) is 0 Å². The number of ether oxygens (including phenoxy) is 1. The van der Waals surface area contributed by atoms with Gasteiger partial charge in [0.05, 0.1) is 5.41 Å². The molecule has 1 N–H and O–H groups in total. The number of carboxylic acid groups (broad SMARTS) is 1. The van der Waals surface area contributed by atoms with Crippen molar-refractivity contribution in [1.82, 2.24) is 4.90 Å². The molecule has 0 amide bonds. The first-order chi connectivity index (χ1) is 8.33. The van der Waals surface area contributed by atoms with Crippen LogP contribution in [0.5, 0.6) is 0 Å². The molecule has 4 heteroatoms. The summed E-state index contributed by atoms with van der Waals surface area (Å²) in [6.07, 6.45) is 1.30. The van der Waals surface area contributed by atoms with Gasteiger partial charge in [0.15, 0.2) is 0 Å². The first-order valence-electron chi connectivity index (χ1n) is 6.87. The molecule has 0 aromatic rings. The number of carboxylic acids is 1. The minimum absolute atomic E-state index is 0.336. The van der Waals surface area contributed by atoms with Crippen molar-refractivity contribution >= 4 is 5.97 Å². The summed E-state index contributed by atoms with van der Waals surface area (Å²) in [5, 5.41) is 9.50. The summed E-state index contributed by atoms with van der Waals surface area (Å²) in [5.74, 6) is 0.0493. The zero-order valence-corrected chi connectivity index (χ0v) is 11.7. The standard InChI is InChI=1S/C14H25NO3/c1-13(2,3)11-8-15(9-11)10-14(12(16)17)4-6-18-7-5-14/h11H,4-10H2,1-3H3,(H,16,17). The maximum absolute atomic E-state index is 11.5. The van der Waals surface area contributed by atoms with E-state index in [0.717, 1.165) is 13.1 Å². The Kier molecular flexibility index (Phi) is 3.70. The number of hydrogen-bond acceptors (Lipinski definition) is 3. The van der Waals surface area contributed by atoms with E-state index in [0.29, 0.717) is 43.9 Å². The number of aliphatic carboxylic acids is 1. The molecule has 0 bridgehead atoms. The molecule has 0 saturated carbocycles. The maximum atomic E-state index is 11.5. The van der Waals surface area contributed by atoms with Crippen LogP contribution in [-0.4, -0.2) is 48.8 Å². The first kappa shape index (κ1) is 13.8. The third-order valence-corrected chi connectivity index (χ3v) is 4.61. The normalized spacial score (nSPS) is 25.7. The van der Waals surface area contributed by atoms with E-state index in [9.17, 15) is 9.90 Å². The quantitative estimate of drug-likeness (QED) is 0.836. The molecule has 0 atom stereocenters. The predicted octanol–water partition coefficient (Wildman–Crippen LogP) is 1.85. The van der Waals surface area contributed by atoms with Gasteiger partial charge in [0.1, 0.15) is 0 Å². The molecule has 2 fully saturated rings. The molecule has 2 heterocycles. The highest BCUT2D eigenvalue weighted by Crippen LogP contribution is 2.38. The summed E-state index contributed by atoms with van der Waals surface area (Å²) in [6, 6.07) is 0. The van der Waals surface area contributed by atoms with E-state index in [1.54, 1.807) is 0 Å². The molecule has 0 unspecified atom stereocenters. The van der Waals surface area contributed by atoms with Crippen LogP contribution in [0.2, 0.25) is 0 Å². The van der Waals surface area contributed by atoms with Crippen molar-refractivity contribution in [2.75, 3.05) is 32.8 Å². The highest BCUT2D eigenvalue weighted by Gasteiger charge is 2.45. The van der Waals surface area contributed by atoms with Crippen LogP contribution in [0, 0.1) is 16.7 Å². The van der Waals surface area contributed by atoms with Crippen LogP contribution in [-0.2, 0) is 9.53 Å². The van der Waals surface area contributed by atoms with Crippen LogP contribution in [0.4, 0.5) is 0 Å². The fourth-order valence-corrected chi connectivity index (χ4v) is 2.88. The van der Waals surface area contributed by atoms with Crippen LogP contribution in [0.3, 0.4) is 0 Å². The number of nitrogens with zero attached hydrogens (tertiary/aromatic N) is 1. The molecule has 104 valence electrons. The lowest BCUT2D eigenvalue weighted by molar-refractivity contribution is -0.159. The van der Waals surface area contributed by atoms with Crippen LogP contribution in [0.25, 0.3) is 0 Å². The topological polar surface area (TPSA) is 49.8 Å². The van der Waals surface area contributed by atoms with Gasteiger partial charge in [-0.2, -0.15) is 0 Å². The molecule has 18 heavy (non-hydrogen) atoms. The van der Waals surface area contributed by atoms with Crippen molar-refractivity contribution in [2.24, 2.45) is 16.7 Å². The second-order valence-electron chi connectivity index (χ2n) is 6.95. The van der Waals surface area contributed by atoms with E-state index in [2.05, 4.69) is 25.7 Å². The summed E-state index contributed by atoms with van der Waals surface area (Å²) in [6.45, 7) is 10.7. The zero-order chi connectivity index (χ0) is 13.4. The lowest BCUT2D eigenvalue weighted by Crippen LogP contribution is -2.57. The molecule has 2 aliphatic heterocycles. The minimum atomic E-state index is -0.648. The van der Waals surface area contributed by atoms with Gasteiger partial charge in [-0.15, -0.1) is 0 Å². The Labute approximate surface area is 109 Å². The summed E-state index contributed by atoms with van der Waals surface area (Å²) in [4.78, 5) is 13.8. The van der Waals surface area contributed by atoms with Gasteiger partial charge in [-0.25, -0.2) is 0 Å². The predicted molar refractivity (Wildman–Crippen MR) is 69.5 cm³/mol. The van der Waals surface area contributed by atoms with E-state index in [-0.39, 0.29) is 0 Å². The van der Waals surface area contributed by atoms with Crippen LogP contribution in [0.15, 0.2) is 0 Å². The van der Waals surface area contributed by atoms with Gasteiger partial charge in [-0.05, 0) is 24.2 Å². The van der Waals surface area contributed by atoms with Gasteiger partial charge in [0.2, 0.25) is 0 Å². The number of carbonyl (C=O) groups is 1. The Bertz CT molecular complexity index is 309. The van der Waals surface area contributed by atoms with E-state index in [1.807, 2.05) is 0 Å². The fraction of sp³-hybridized carbons (Fsp3) is 0.929. The largest absolute Gasteiger partial charge is 0.481 e. The molecule has 2 saturated heterocycles. The Balaban J connectivity index is 1.90. The average Bonchev–Trinajstić information content (AvgIpc) is 2.22. The molecule has 0 aromatic heterocycles. The Morgan fingerprint density at radius 1 is 1.33 bits per heavy atom. The first-order valence-corrected chi connectivity index (χ1v) is 6.87. The summed E-state index contributed by atoms with van der Waals surface area (Å²) >= 11 is 0. The van der Waals surface area contributed by atoms with Gasteiger partial charge < -0.3 is 14.7 Å². The Morgan fingerprint density at radius 3 is 2.33 bits per heavy atom. The molecular formula is C14H25NO3. The number of likely N-dealkylation sites (tertiary alicyclic amines) is 1. The van der Waals surface area contributed by atoms with Crippen LogP contribution in [0.1, 0.15) is 33.6 Å². The number of rotatable bonds is 3. The van der Waals surface area contributed by atoms with Gasteiger partial charge in [-0.1, -0.05) is 20.8 Å². The number of hydrogen-bond donors (Lipinski definition) is 1. The van der Waals surface area contributed by atoms with E-state index in [4.69, 9.17) is 4.74 Å². The fourth-order valence-electron chi connectivity index (χ4n) is 2.88. The molecule has 2 aliphatic rings. The smallest absolute Gasteiger partial charge is 0.311 e. The molecule has 0 aromatic carbocycles. The third-order valence-electron chi connectivity index (χ3n) is 4.61. The van der Waals surface area contributed by atoms with Crippen molar-refractivity contribution in [3.8, 4) is 0 Å². The van der Waals surface area contributed by atoms with Crippen molar-refractivity contribution in [1.29, 1.82) is 0 Å². The molecular weight excluding hydrogens is 230 g/mol. The average molecular weight is 255 g/mol. The lowest BCUT2D eigenvalue weighted by atomic mass is 9.73. The lowest BCUT2D eigenvalue weighted by Gasteiger charge is -2.49. The second-order valence-corrected chi connectivity index (χ2v) is 6.95. The molecule has 0 aliphatic carbocycles. The van der Waals surface area contributed by atoms with Gasteiger partial charge in [-0.3, -0.25) is 4.79 Å². The summed E-state index contributed by atoms with van der Waals surface area (Å²) in [7, 11) is 0. The summed E-state index contributed by atoms with van der Waals surface area (Å²) in [5.41, 5.74) is -0.232. The minimum Gasteiger partial charge on any atom is -0.481 e. The zero-order valence-electron chi connectivity index (χ0n) is 11.7. The van der Waals surface area contributed by atoms with E-state index < -0.39 is 11.4 Å². The summed E-state index contributed by atoms with van der Waals surface area (Å²) < 4.78 is 5.30. The second kappa shape index (κ2) is 4.82. The Morgan fingerprint density at radius 2 is 1.89 bits per heavy atom. The van der Waals surface area contributed by atoms with Gasteiger partial charge in [0, 0.05) is 32.8 Å². The van der Waals surface area contributed by atoms with Crippen molar-refractivity contribution in [3.63, 3.8) is 0 Å². The molecule has 2 rings (SSSR count). The Hall–Kier alpha value is -0.610. The molecule has 4 nitrogen and oxygen atoms in total. The highest BCUT2D eigenvalue weighted by atomic mass is 16.5. The highest BCUT2D eigenvalue weighted by molar-refractivity contribution is 5.75. The van der Waals surface area contributed by atoms with Crippen LogP contribution >= 0.6 is 0 Å². The SMILES string of the molecule is CC(C)(C)C1CN(CC2(C(=O)O)CCOCC2)C1. The van der Waals surface area contributed by atoms with Crippen LogP contribution < -0.4 is 0 Å². The maximum Gasteiger partial charge on any atom is 0.311 e. The molecule has 0 spiro atoms.